The largest absolute Gasteiger partial charge is 0.468 e. The Morgan fingerprint density at radius 2 is 2.25 bits per heavy atom. The fourth-order valence-corrected chi connectivity index (χ4v) is 2.92. The summed E-state index contributed by atoms with van der Waals surface area (Å²) in [4.78, 5) is 5.59. The van der Waals surface area contributed by atoms with Crippen molar-refractivity contribution < 1.29 is 4.74 Å². The average molecular weight is 257 g/mol. The predicted molar refractivity (Wildman–Crippen MR) is 68.0 cm³/mol. The Morgan fingerprint density at radius 1 is 1.50 bits per heavy atom. The standard InChI is InChI=1S/C11H13ClN2OS/c1-6-5-16-10(7(6)2)9-8(12)4-13-11(14-9)15-3/h4-5,9H,1-3H3,(H,13,14). The highest BCUT2D eigenvalue weighted by molar-refractivity contribution is 7.10. The third-order valence-electron chi connectivity index (χ3n) is 2.61. The zero-order valence-electron chi connectivity index (χ0n) is 9.37. The molecule has 1 atom stereocenters. The van der Waals surface area contributed by atoms with E-state index in [9.17, 15) is 0 Å². The van der Waals surface area contributed by atoms with Crippen molar-refractivity contribution in [2.75, 3.05) is 7.11 Å². The van der Waals surface area contributed by atoms with Gasteiger partial charge in [-0.1, -0.05) is 11.6 Å². The van der Waals surface area contributed by atoms with Crippen LogP contribution in [0, 0.1) is 13.8 Å². The first-order valence-corrected chi connectivity index (χ1v) is 6.17. The van der Waals surface area contributed by atoms with Crippen LogP contribution in [0.4, 0.5) is 0 Å². The SMILES string of the molecule is COC1=NC(c2scc(C)c2C)C(Cl)=CN1. The maximum atomic E-state index is 6.16. The van der Waals surface area contributed by atoms with Crippen LogP contribution in [-0.2, 0) is 4.74 Å². The van der Waals surface area contributed by atoms with E-state index in [0.717, 1.165) is 0 Å². The second kappa shape index (κ2) is 4.47. The molecule has 3 nitrogen and oxygen atoms in total. The van der Waals surface area contributed by atoms with E-state index in [1.807, 2.05) is 0 Å². The first-order chi connectivity index (χ1) is 7.63. The average Bonchev–Trinajstić information content (AvgIpc) is 2.61. The molecule has 0 fully saturated rings. The lowest BCUT2D eigenvalue weighted by Gasteiger charge is -2.18. The molecule has 0 aromatic carbocycles. The minimum atomic E-state index is -0.128. The van der Waals surface area contributed by atoms with Gasteiger partial charge in [0, 0.05) is 11.1 Å². The maximum Gasteiger partial charge on any atom is 0.289 e. The van der Waals surface area contributed by atoms with Crippen LogP contribution in [0.1, 0.15) is 22.0 Å². The molecule has 1 aromatic rings. The molecule has 0 spiro atoms. The Hall–Kier alpha value is -1.00. The molecule has 1 aliphatic rings. The molecule has 1 aromatic heterocycles. The van der Waals surface area contributed by atoms with E-state index >= 15 is 0 Å². The van der Waals surface area contributed by atoms with Crippen molar-refractivity contribution in [3.8, 4) is 0 Å². The molecule has 0 radical (unpaired) electrons. The van der Waals surface area contributed by atoms with Crippen LogP contribution in [0.25, 0.3) is 0 Å². The van der Waals surface area contributed by atoms with E-state index in [4.69, 9.17) is 16.3 Å². The van der Waals surface area contributed by atoms with Gasteiger partial charge in [0.25, 0.3) is 6.02 Å². The lowest BCUT2D eigenvalue weighted by atomic mass is 10.1. The first-order valence-electron chi connectivity index (χ1n) is 4.92. The number of nitrogens with one attached hydrogen (secondary N) is 1. The third kappa shape index (κ3) is 1.95. The number of hydrogen-bond donors (Lipinski definition) is 1. The summed E-state index contributed by atoms with van der Waals surface area (Å²) < 4.78 is 5.08. The van der Waals surface area contributed by atoms with Crippen LogP contribution >= 0.6 is 22.9 Å². The second-order valence-corrected chi connectivity index (χ2v) is 4.97. The van der Waals surface area contributed by atoms with Crippen molar-refractivity contribution in [3.05, 3.63) is 32.6 Å². The van der Waals surface area contributed by atoms with Crippen LogP contribution in [0.2, 0.25) is 0 Å². The lowest BCUT2D eigenvalue weighted by Crippen LogP contribution is -2.24. The van der Waals surface area contributed by atoms with E-state index in [-0.39, 0.29) is 6.04 Å². The molecule has 1 N–H and O–H groups in total. The molecule has 0 aliphatic carbocycles. The molecule has 2 heterocycles. The maximum absolute atomic E-state index is 6.16. The molecule has 0 bridgehead atoms. The van der Waals surface area contributed by atoms with Gasteiger partial charge in [0.15, 0.2) is 0 Å². The van der Waals surface area contributed by atoms with Gasteiger partial charge in [-0.15, -0.1) is 11.3 Å². The molecular weight excluding hydrogens is 244 g/mol. The minimum absolute atomic E-state index is 0.128. The van der Waals surface area contributed by atoms with Crippen LogP contribution in [0.15, 0.2) is 21.6 Å². The molecule has 16 heavy (non-hydrogen) atoms. The summed E-state index contributed by atoms with van der Waals surface area (Å²) in [6.45, 7) is 4.18. The van der Waals surface area contributed by atoms with Crippen LogP contribution in [-0.4, -0.2) is 13.1 Å². The summed E-state index contributed by atoms with van der Waals surface area (Å²) in [5.41, 5.74) is 2.53. The number of halogens is 1. The van der Waals surface area contributed by atoms with Crippen LogP contribution in [0.5, 0.6) is 0 Å². The summed E-state index contributed by atoms with van der Waals surface area (Å²) in [6.07, 6.45) is 1.73. The number of aliphatic imine (C=N–C) groups is 1. The predicted octanol–water partition coefficient (Wildman–Crippen LogP) is 3.09. The highest BCUT2D eigenvalue weighted by atomic mass is 35.5. The monoisotopic (exact) mass is 256 g/mol. The minimum Gasteiger partial charge on any atom is -0.468 e. The number of hydrogen-bond acceptors (Lipinski definition) is 4. The smallest absolute Gasteiger partial charge is 0.289 e. The normalized spacial score (nSPS) is 19.9. The Bertz CT molecular complexity index is 465. The molecule has 1 unspecified atom stereocenters. The van der Waals surface area contributed by atoms with Crippen molar-refractivity contribution in [2.24, 2.45) is 4.99 Å². The number of nitrogens with zero attached hydrogens (tertiary/aromatic N) is 1. The number of rotatable bonds is 1. The Kier molecular flexibility index (Phi) is 3.21. The Labute approximate surface area is 104 Å². The van der Waals surface area contributed by atoms with Crippen molar-refractivity contribution in [1.29, 1.82) is 0 Å². The molecular formula is C11H13ClN2OS. The van der Waals surface area contributed by atoms with Gasteiger partial charge < -0.3 is 10.1 Å². The Morgan fingerprint density at radius 3 is 2.81 bits per heavy atom. The van der Waals surface area contributed by atoms with Crippen LogP contribution < -0.4 is 5.32 Å². The zero-order chi connectivity index (χ0) is 11.7. The number of methoxy groups -OCH3 is 1. The van der Waals surface area contributed by atoms with Gasteiger partial charge >= 0.3 is 0 Å². The van der Waals surface area contributed by atoms with E-state index in [1.54, 1.807) is 24.6 Å². The quantitative estimate of drug-likeness (QED) is 0.838. The third-order valence-corrected chi connectivity index (χ3v) is 4.18. The Balaban J connectivity index is 2.39. The summed E-state index contributed by atoms with van der Waals surface area (Å²) in [5, 5.41) is 5.69. The molecule has 0 saturated heterocycles. The van der Waals surface area contributed by atoms with Crippen LogP contribution in [0.3, 0.4) is 0 Å². The van der Waals surface area contributed by atoms with Gasteiger partial charge in [-0.2, -0.15) is 0 Å². The number of ether oxygens (including phenoxy) is 1. The fourth-order valence-electron chi connectivity index (χ4n) is 1.51. The second-order valence-electron chi connectivity index (χ2n) is 3.62. The number of aryl methyl sites for hydroxylation is 1. The molecule has 0 saturated carbocycles. The zero-order valence-corrected chi connectivity index (χ0v) is 10.9. The van der Waals surface area contributed by atoms with Gasteiger partial charge in [-0.05, 0) is 30.4 Å². The molecule has 0 amide bonds. The summed E-state index contributed by atoms with van der Waals surface area (Å²) in [5.74, 6) is 0. The van der Waals surface area contributed by atoms with Gasteiger partial charge in [0.05, 0.1) is 12.1 Å². The molecule has 86 valence electrons. The van der Waals surface area contributed by atoms with E-state index < -0.39 is 0 Å². The van der Waals surface area contributed by atoms with E-state index in [0.29, 0.717) is 11.1 Å². The first kappa shape index (κ1) is 11.5. The summed E-state index contributed by atoms with van der Waals surface area (Å²) in [6, 6.07) is 0.372. The van der Waals surface area contributed by atoms with Gasteiger partial charge in [0.2, 0.25) is 0 Å². The van der Waals surface area contributed by atoms with Crippen molar-refractivity contribution in [3.63, 3.8) is 0 Å². The lowest BCUT2D eigenvalue weighted by molar-refractivity contribution is 0.381. The molecule has 1 aliphatic heterocycles. The number of thiophene rings is 1. The highest BCUT2D eigenvalue weighted by Crippen LogP contribution is 2.37. The molecule has 5 heteroatoms. The molecule has 2 rings (SSSR count). The van der Waals surface area contributed by atoms with Crippen molar-refractivity contribution in [2.45, 2.75) is 19.9 Å². The van der Waals surface area contributed by atoms with Gasteiger partial charge in [-0.3, -0.25) is 0 Å². The highest BCUT2D eigenvalue weighted by Gasteiger charge is 2.23. The van der Waals surface area contributed by atoms with Gasteiger partial charge in [0.1, 0.15) is 6.04 Å². The van der Waals surface area contributed by atoms with E-state index in [1.165, 1.54) is 16.0 Å². The van der Waals surface area contributed by atoms with Crippen molar-refractivity contribution in [1.82, 2.24) is 5.32 Å². The topological polar surface area (TPSA) is 33.6 Å². The summed E-state index contributed by atoms with van der Waals surface area (Å²) in [7, 11) is 1.59. The number of amidine groups is 1. The fraction of sp³-hybridized carbons (Fsp3) is 0.364. The van der Waals surface area contributed by atoms with Gasteiger partial charge in [-0.25, -0.2) is 4.99 Å². The van der Waals surface area contributed by atoms with E-state index in [2.05, 4.69) is 29.5 Å². The van der Waals surface area contributed by atoms with Crippen molar-refractivity contribution >= 4 is 29.0 Å². The summed E-state index contributed by atoms with van der Waals surface area (Å²) >= 11 is 7.85.